The molecule has 0 aliphatic carbocycles. The average Bonchev–Trinajstić information content (AvgIpc) is 2.40. The minimum Gasteiger partial charge on any atom is -0.385 e. The summed E-state index contributed by atoms with van der Waals surface area (Å²) in [5.41, 5.74) is 5.78. The van der Waals surface area contributed by atoms with Gasteiger partial charge in [0, 0.05) is 25.8 Å². The molecule has 1 unspecified atom stereocenters. The van der Waals surface area contributed by atoms with E-state index in [0.29, 0.717) is 19.8 Å². The van der Waals surface area contributed by atoms with Crippen molar-refractivity contribution in [3.8, 4) is 0 Å². The second-order valence-corrected chi connectivity index (χ2v) is 4.66. The molecule has 3 N–H and O–H groups in total. The van der Waals surface area contributed by atoms with Crippen LogP contribution in [0.1, 0.15) is 40.0 Å². The molecular formula is C13H28N2O3. The summed E-state index contributed by atoms with van der Waals surface area (Å²) in [7, 11) is 1.64. The predicted octanol–water partition coefficient (Wildman–Crippen LogP) is 1.06. The van der Waals surface area contributed by atoms with Crippen molar-refractivity contribution in [1.29, 1.82) is 0 Å². The summed E-state index contributed by atoms with van der Waals surface area (Å²) >= 11 is 0. The van der Waals surface area contributed by atoms with Crippen LogP contribution in [0.4, 0.5) is 0 Å². The number of ether oxygens (including phenoxy) is 2. The van der Waals surface area contributed by atoms with Gasteiger partial charge in [-0.2, -0.15) is 0 Å². The van der Waals surface area contributed by atoms with E-state index >= 15 is 0 Å². The van der Waals surface area contributed by atoms with Crippen LogP contribution >= 0.6 is 0 Å². The Bertz CT molecular complexity index is 230. The van der Waals surface area contributed by atoms with Gasteiger partial charge in [-0.25, -0.2) is 0 Å². The van der Waals surface area contributed by atoms with E-state index in [-0.39, 0.29) is 11.4 Å². The largest absolute Gasteiger partial charge is 0.385 e. The number of hydrogen-bond donors (Lipinski definition) is 2. The average molecular weight is 260 g/mol. The Morgan fingerprint density at radius 1 is 1.39 bits per heavy atom. The Labute approximate surface area is 110 Å². The fraction of sp³-hybridized carbons (Fsp3) is 0.923. The molecule has 0 aromatic rings. The van der Waals surface area contributed by atoms with Gasteiger partial charge in [0.25, 0.3) is 0 Å². The van der Waals surface area contributed by atoms with Crippen molar-refractivity contribution >= 4 is 5.91 Å². The quantitative estimate of drug-likeness (QED) is 0.576. The highest BCUT2D eigenvalue weighted by Crippen LogP contribution is 2.12. The van der Waals surface area contributed by atoms with Gasteiger partial charge in [0.05, 0.1) is 6.61 Å². The molecule has 0 fully saturated rings. The molecule has 0 bridgehead atoms. The number of amides is 1. The molecule has 0 aliphatic rings. The van der Waals surface area contributed by atoms with E-state index < -0.39 is 6.10 Å². The van der Waals surface area contributed by atoms with E-state index in [9.17, 15) is 4.79 Å². The van der Waals surface area contributed by atoms with Crippen LogP contribution in [0.2, 0.25) is 0 Å². The molecule has 1 atom stereocenters. The van der Waals surface area contributed by atoms with Crippen molar-refractivity contribution in [2.24, 2.45) is 5.73 Å². The lowest BCUT2D eigenvalue weighted by molar-refractivity contribution is -0.132. The number of nitrogens with one attached hydrogen (secondary N) is 1. The third-order valence-electron chi connectivity index (χ3n) is 3.22. The standard InChI is InChI=1S/C13H28N2O3/c1-5-13(14,6-2)10-18-11(3)12(16)15-8-7-9-17-4/h11H,5-10,14H2,1-4H3,(H,15,16). The van der Waals surface area contributed by atoms with Crippen LogP contribution in [0.15, 0.2) is 0 Å². The molecule has 0 aromatic carbocycles. The lowest BCUT2D eigenvalue weighted by Gasteiger charge is -2.27. The molecule has 0 aliphatic heterocycles. The second kappa shape index (κ2) is 9.30. The minimum atomic E-state index is -0.464. The molecule has 0 saturated carbocycles. The topological polar surface area (TPSA) is 73.6 Å². The van der Waals surface area contributed by atoms with Gasteiger partial charge in [0.15, 0.2) is 0 Å². The summed E-state index contributed by atoms with van der Waals surface area (Å²) in [5.74, 6) is -0.0966. The summed E-state index contributed by atoms with van der Waals surface area (Å²) in [6.45, 7) is 7.47. The first kappa shape index (κ1) is 17.4. The van der Waals surface area contributed by atoms with Gasteiger partial charge >= 0.3 is 0 Å². The number of carbonyl (C=O) groups excluding carboxylic acids is 1. The fourth-order valence-corrected chi connectivity index (χ4v) is 1.39. The van der Waals surface area contributed by atoms with Crippen molar-refractivity contribution in [3.05, 3.63) is 0 Å². The summed E-state index contributed by atoms with van der Waals surface area (Å²) in [6, 6.07) is 0. The Hall–Kier alpha value is -0.650. The first-order chi connectivity index (χ1) is 8.49. The molecule has 18 heavy (non-hydrogen) atoms. The molecule has 0 aromatic heterocycles. The van der Waals surface area contributed by atoms with Crippen LogP contribution in [0.5, 0.6) is 0 Å². The SMILES string of the molecule is CCC(N)(CC)COC(C)C(=O)NCCCOC. The molecule has 0 saturated heterocycles. The first-order valence-electron chi connectivity index (χ1n) is 6.66. The Kier molecular flexibility index (Phi) is 8.97. The van der Waals surface area contributed by atoms with E-state index in [1.54, 1.807) is 14.0 Å². The summed E-state index contributed by atoms with van der Waals surface area (Å²) in [6.07, 6.45) is 2.02. The van der Waals surface area contributed by atoms with Crippen molar-refractivity contribution in [2.45, 2.75) is 51.7 Å². The number of carbonyl (C=O) groups is 1. The number of nitrogens with two attached hydrogens (primary N) is 1. The number of methoxy groups -OCH3 is 1. The summed E-state index contributed by atoms with van der Waals surface area (Å²) in [4.78, 5) is 11.7. The zero-order valence-corrected chi connectivity index (χ0v) is 12.1. The number of rotatable bonds is 10. The summed E-state index contributed by atoms with van der Waals surface area (Å²) < 4.78 is 10.4. The maximum atomic E-state index is 11.7. The van der Waals surface area contributed by atoms with Gasteiger partial charge in [0.2, 0.25) is 5.91 Å². The van der Waals surface area contributed by atoms with E-state index in [4.69, 9.17) is 15.2 Å². The van der Waals surface area contributed by atoms with Crippen molar-refractivity contribution in [1.82, 2.24) is 5.32 Å². The third kappa shape index (κ3) is 6.93. The molecule has 0 heterocycles. The zero-order chi connectivity index (χ0) is 14.0. The molecule has 1 amide bonds. The van der Waals surface area contributed by atoms with Crippen LogP contribution in [-0.4, -0.2) is 44.4 Å². The molecule has 0 rings (SSSR count). The van der Waals surface area contributed by atoms with Crippen molar-refractivity contribution in [3.63, 3.8) is 0 Å². The van der Waals surface area contributed by atoms with Crippen LogP contribution in [0.3, 0.4) is 0 Å². The van der Waals surface area contributed by atoms with Gasteiger partial charge in [-0.05, 0) is 26.2 Å². The van der Waals surface area contributed by atoms with E-state index in [2.05, 4.69) is 5.32 Å². The van der Waals surface area contributed by atoms with Gasteiger partial charge < -0.3 is 20.5 Å². The number of hydrogen-bond acceptors (Lipinski definition) is 4. The van der Waals surface area contributed by atoms with Crippen LogP contribution in [-0.2, 0) is 14.3 Å². The normalized spacial score (nSPS) is 13.4. The van der Waals surface area contributed by atoms with Gasteiger partial charge in [-0.3, -0.25) is 4.79 Å². The van der Waals surface area contributed by atoms with Crippen molar-refractivity contribution < 1.29 is 14.3 Å². The van der Waals surface area contributed by atoms with E-state index in [1.807, 2.05) is 13.8 Å². The molecule has 5 nitrogen and oxygen atoms in total. The molecule has 0 spiro atoms. The summed E-state index contributed by atoms with van der Waals surface area (Å²) in [5, 5.41) is 2.80. The third-order valence-corrected chi connectivity index (χ3v) is 3.22. The van der Waals surface area contributed by atoms with Crippen molar-refractivity contribution in [2.75, 3.05) is 26.9 Å². The molecular weight excluding hydrogens is 232 g/mol. The van der Waals surface area contributed by atoms with Gasteiger partial charge in [-0.15, -0.1) is 0 Å². The predicted molar refractivity (Wildman–Crippen MR) is 72.4 cm³/mol. The highest BCUT2D eigenvalue weighted by atomic mass is 16.5. The highest BCUT2D eigenvalue weighted by Gasteiger charge is 2.23. The van der Waals surface area contributed by atoms with Gasteiger partial charge in [0.1, 0.15) is 6.10 Å². The van der Waals surface area contributed by atoms with Crippen LogP contribution in [0, 0.1) is 0 Å². The molecule has 5 heteroatoms. The lowest BCUT2D eigenvalue weighted by Crippen LogP contribution is -2.46. The molecule has 0 radical (unpaired) electrons. The monoisotopic (exact) mass is 260 g/mol. The fourth-order valence-electron chi connectivity index (χ4n) is 1.39. The van der Waals surface area contributed by atoms with Gasteiger partial charge in [-0.1, -0.05) is 13.8 Å². The lowest BCUT2D eigenvalue weighted by atomic mass is 9.95. The van der Waals surface area contributed by atoms with E-state index in [0.717, 1.165) is 19.3 Å². The smallest absolute Gasteiger partial charge is 0.248 e. The molecule has 108 valence electrons. The minimum absolute atomic E-state index is 0.0966. The Morgan fingerprint density at radius 3 is 2.50 bits per heavy atom. The second-order valence-electron chi connectivity index (χ2n) is 4.66. The Morgan fingerprint density at radius 2 is 2.00 bits per heavy atom. The first-order valence-corrected chi connectivity index (χ1v) is 6.66. The maximum Gasteiger partial charge on any atom is 0.248 e. The maximum absolute atomic E-state index is 11.7. The van der Waals surface area contributed by atoms with E-state index in [1.165, 1.54) is 0 Å². The van der Waals surface area contributed by atoms with Crippen LogP contribution < -0.4 is 11.1 Å². The highest BCUT2D eigenvalue weighted by molar-refractivity contribution is 5.80. The Balaban J connectivity index is 3.86. The zero-order valence-electron chi connectivity index (χ0n) is 12.1. The van der Waals surface area contributed by atoms with Crippen LogP contribution in [0.25, 0.3) is 0 Å².